The molecule has 0 spiro atoms. The van der Waals surface area contributed by atoms with Crippen molar-refractivity contribution in [1.82, 2.24) is 19.8 Å². The van der Waals surface area contributed by atoms with Gasteiger partial charge in [0.15, 0.2) is 17.7 Å². The van der Waals surface area contributed by atoms with Crippen LogP contribution in [0.4, 0.5) is 4.39 Å². The van der Waals surface area contributed by atoms with Crippen molar-refractivity contribution in [2.45, 2.75) is 72.0 Å². The first-order valence-corrected chi connectivity index (χ1v) is 14.7. The lowest BCUT2D eigenvalue weighted by molar-refractivity contribution is -0.160. The highest BCUT2D eigenvalue weighted by Crippen LogP contribution is 2.44. The lowest BCUT2D eigenvalue weighted by atomic mass is 9.86. The van der Waals surface area contributed by atoms with Gasteiger partial charge in [0.05, 0.1) is 12.2 Å². The van der Waals surface area contributed by atoms with E-state index in [2.05, 4.69) is 10.2 Å². The first-order valence-electron chi connectivity index (χ1n) is 14.7. The van der Waals surface area contributed by atoms with Crippen molar-refractivity contribution in [3.8, 4) is 16.9 Å². The zero-order valence-corrected chi connectivity index (χ0v) is 25.4. The van der Waals surface area contributed by atoms with E-state index in [0.717, 1.165) is 37.2 Å². The van der Waals surface area contributed by atoms with Crippen LogP contribution in [-0.2, 0) is 23.0 Å². The van der Waals surface area contributed by atoms with Crippen LogP contribution in [0.15, 0.2) is 12.1 Å². The molecule has 3 aromatic rings. The van der Waals surface area contributed by atoms with E-state index in [-0.39, 0.29) is 11.7 Å². The van der Waals surface area contributed by atoms with Crippen LogP contribution in [0.1, 0.15) is 79.0 Å². The maximum absolute atomic E-state index is 15.6. The molecule has 0 unspecified atom stereocenters. The number of hydrogen-bond donors (Lipinski definition) is 2. The average Bonchev–Trinajstić information content (AvgIpc) is 3.56. The third-order valence-corrected chi connectivity index (χ3v) is 8.21. The summed E-state index contributed by atoms with van der Waals surface area (Å²) in [6, 6.07) is 3.14. The molecule has 2 N–H and O–H groups in total. The SMILES string of the molecule is Cc1nc2c(cc(C(=O)NCCN3CCCC3)n2C)c(-c2cc(F)c3c(c2C)CCCO3)c1[C@H](OC(C)(C)C)C(=O)O. The van der Waals surface area contributed by atoms with Crippen molar-refractivity contribution in [2.24, 2.45) is 7.05 Å². The first-order chi connectivity index (χ1) is 19.9. The smallest absolute Gasteiger partial charge is 0.337 e. The van der Waals surface area contributed by atoms with Crippen molar-refractivity contribution < 1.29 is 28.6 Å². The number of hydrogen-bond acceptors (Lipinski definition) is 6. The molecule has 0 aliphatic carbocycles. The summed E-state index contributed by atoms with van der Waals surface area (Å²) in [5.74, 6) is -1.68. The quantitative estimate of drug-likeness (QED) is 0.383. The molecule has 2 aromatic heterocycles. The van der Waals surface area contributed by atoms with E-state index in [0.29, 0.717) is 58.7 Å². The van der Waals surface area contributed by atoms with E-state index in [9.17, 15) is 14.7 Å². The molecule has 42 heavy (non-hydrogen) atoms. The molecule has 0 saturated carbocycles. The summed E-state index contributed by atoms with van der Waals surface area (Å²) in [6.45, 7) is 12.8. The molecule has 2 aliphatic rings. The minimum Gasteiger partial charge on any atom is -0.490 e. The van der Waals surface area contributed by atoms with Crippen LogP contribution in [0.3, 0.4) is 0 Å². The van der Waals surface area contributed by atoms with Crippen molar-refractivity contribution in [2.75, 3.05) is 32.8 Å². The van der Waals surface area contributed by atoms with Crippen molar-refractivity contribution in [3.05, 3.63) is 46.0 Å². The molecule has 2 aliphatic heterocycles. The number of nitrogens with zero attached hydrogens (tertiary/aromatic N) is 3. The third kappa shape index (κ3) is 5.74. The van der Waals surface area contributed by atoms with Crippen molar-refractivity contribution in [3.63, 3.8) is 0 Å². The van der Waals surface area contributed by atoms with Gasteiger partial charge in [0.25, 0.3) is 5.91 Å². The largest absolute Gasteiger partial charge is 0.490 e. The lowest BCUT2D eigenvalue weighted by Crippen LogP contribution is -2.34. The number of aromatic nitrogens is 2. The average molecular weight is 581 g/mol. The molecule has 5 rings (SSSR count). The standard InChI is InChI=1S/C32H41FN4O5/c1-18-20-10-9-15-41-27(20)23(33)16-21(18)26-22-17-24(30(38)34-11-14-37-12-7-8-13-37)36(6)29(22)35-19(2)25(26)28(31(39)40)42-32(3,4)5/h16-17,28H,7-15H2,1-6H3,(H,34,38)(H,39,40)/t28-/m0/s1. The predicted octanol–water partition coefficient (Wildman–Crippen LogP) is 5.09. The van der Waals surface area contributed by atoms with Gasteiger partial charge < -0.3 is 29.4 Å². The van der Waals surface area contributed by atoms with Gasteiger partial charge in [-0.25, -0.2) is 14.2 Å². The summed E-state index contributed by atoms with van der Waals surface area (Å²) in [6.07, 6.45) is 2.39. The topological polar surface area (TPSA) is 106 Å². The first kappa shape index (κ1) is 30.0. The van der Waals surface area contributed by atoms with Crippen LogP contribution in [-0.4, -0.2) is 69.8 Å². The summed E-state index contributed by atoms with van der Waals surface area (Å²) in [5, 5.41) is 14.0. The Morgan fingerprint density at radius 2 is 1.90 bits per heavy atom. The number of fused-ring (bicyclic) bond motifs is 2. The number of aryl methyl sites for hydroxylation is 2. The highest BCUT2D eigenvalue weighted by atomic mass is 19.1. The number of halogens is 1. The Bertz CT molecular complexity index is 1530. The van der Waals surface area contributed by atoms with Crippen LogP contribution in [0.2, 0.25) is 0 Å². The summed E-state index contributed by atoms with van der Waals surface area (Å²) in [4.78, 5) is 33.2. The minimum atomic E-state index is -1.37. The molecule has 226 valence electrons. The number of pyridine rings is 1. The van der Waals surface area contributed by atoms with E-state index in [4.69, 9.17) is 14.5 Å². The fourth-order valence-corrected chi connectivity index (χ4v) is 6.21. The van der Waals surface area contributed by atoms with Gasteiger partial charge in [0.1, 0.15) is 11.3 Å². The van der Waals surface area contributed by atoms with Gasteiger partial charge in [-0.3, -0.25) is 4.79 Å². The summed E-state index contributed by atoms with van der Waals surface area (Å²) in [7, 11) is 1.77. The van der Waals surface area contributed by atoms with E-state index in [1.54, 1.807) is 45.4 Å². The second-order valence-corrected chi connectivity index (χ2v) is 12.4. The number of aliphatic carboxylic acids is 1. The zero-order valence-electron chi connectivity index (χ0n) is 25.4. The van der Waals surface area contributed by atoms with Crippen molar-refractivity contribution >= 4 is 22.9 Å². The van der Waals surface area contributed by atoms with Gasteiger partial charge in [-0.05, 0) is 96.7 Å². The predicted molar refractivity (Wildman–Crippen MR) is 159 cm³/mol. The van der Waals surface area contributed by atoms with Crippen LogP contribution < -0.4 is 10.1 Å². The van der Waals surface area contributed by atoms with Crippen LogP contribution >= 0.6 is 0 Å². The lowest BCUT2D eigenvalue weighted by Gasteiger charge is -2.29. The van der Waals surface area contributed by atoms with Gasteiger partial charge >= 0.3 is 5.97 Å². The number of nitrogens with one attached hydrogen (secondary N) is 1. The van der Waals surface area contributed by atoms with Gasteiger partial charge in [-0.2, -0.15) is 0 Å². The van der Waals surface area contributed by atoms with Crippen LogP contribution in [0.25, 0.3) is 22.2 Å². The summed E-state index contributed by atoms with van der Waals surface area (Å²) >= 11 is 0. The molecule has 1 saturated heterocycles. The Morgan fingerprint density at radius 1 is 1.19 bits per heavy atom. The molecular weight excluding hydrogens is 539 g/mol. The molecule has 4 heterocycles. The molecule has 0 radical (unpaired) electrons. The van der Waals surface area contributed by atoms with E-state index < -0.39 is 23.5 Å². The normalized spacial score (nSPS) is 16.4. The molecule has 1 atom stereocenters. The minimum absolute atomic E-state index is 0.248. The second-order valence-electron chi connectivity index (χ2n) is 12.4. The molecular formula is C32H41FN4O5. The highest BCUT2D eigenvalue weighted by Gasteiger charge is 2.34. The molecule has 1 amide bonds. The van der Waals surface area contributed by atoms with E-state index in [1.165, 1.54) is 18.9 Å². The fourth-order valence-electron chi connectivity index (χ4n) is 6.21. The second kappa shape index (κ2) is 11.6. The number of benzene rings is 1. The number of amides is 1. The highest BCUT2D eigenvalue weighted by molar-refractivity contribution is 6.04. The Hall–Kier alpha value is -3.50. The number of carbonyl (C=O) groups is 2. The third-order valence-electron chi connectivity index (χ3n) is 8.21. The van der Waals surface area contributed by atoms with Crippen LogP contribution in [0.5, 0.6) is 5.75 Å². The Labute approximate surface area is 246 Å². The number of carboxylic acids is 1. The number of carbonyl (C=O) groups excluding carboxylic acids is 1. The molecule has 1 aromatic carbocycles. The summed E-state index contributed by atoms with van der Waals surface area (Å²) < 4.78 is 29.1. The summed E-state index contributed by atoms with van der Waals surface area (Å²) in [5.41, 5.74) is 3.50. The van der Waals surface area contributed by atoms with Gasteiger partial charge in [-0.15, -0.1) is 0 Å². The maximum atomic E-state index is 15.6. The monoisotopic (exact) mass is 580 g/mol. The number of likely N-dealkylation sites (tertiary alicyclic amines) is 1. The number of ether oxygens (including phenoxy) is 2. The molecule has 0 bridgehead atoms. The molecule has 1 fully saturated rings. The van der Waals surface area contributed by atoms with E-state index >= 15 is 4.39 Å². The van der Waals surface area contributed by atoms with Crippen LogP contribution in [0, 0.1) is 19.7 Å². The Morgan fingerprint density at radius 3 is 2.57 bits per heavy atom. The van der Waals surface area contributed by atoms with Crippen molar-refractivity contribution in [1.29, 1.82) is 0 Å². The fraction of sp³-hybridized carbons (Fsp3) is 0.531. The molecule has 10 heteroatoms. The maximum Gasteiger partial charge on any atom is 0.337 e. The van der Waals surface area contributed by atoms with Gasteiger partial charge in [0, 0.05) is 47.9 Å². The Kier molecular flexibility index (Phi) is 8.31. The molecule has 9 nitrogen and oxygen atoms in total. The van der Waals surface area contributed by atoms with Gasteiger partial charge in [-0.1, -0.05) is 0 Å². The number of carboxylic acid groups (broad SMARTS) is 1. The zero-order chi connectivity index (χ0) is 30.3. The van der Waals surface area contributed by atoms with Gasteiger partial charge in [0.2, 0.25) is 0 Å². The number of rotatable bonds is 8. The van der Waals surface area contributed by atoms with E-state index in [1.807, 2.05) is 6.92 Å². The Balaban J connectivity index is 1.70.